The quantitative estimate of drug-likeness (QED) is 0.644. The molecule has 0 radical (unpaired) electrons. The summed E-state index contributed by atoms with van der Waals surface area (Å²) in [5, 5.41) is 21.9. The third-order valence-electron chi connectivity index (χ3n) is 3.48. The topological polar surface area (TPSA) is 69.6 Å². The number of rotatable bonds is 4. The molecule has 86 valence electrons. The molecule has 3 N–H and O–H groups in total. The maximum Gasteiger partial charge on any atom is 0.320 e. The van der Waals surface area contributed by atoms with Crippen molar-refractivity contribution in [2.45, 2.75) is 56.7 Å². The van der Waals surface area contributed by atoms with E-state index in [1.165, 1.54) is 0 Å². The van der Waals surface area contributed by atoms with Crippen molar-refractivity contribution in [2.24, 2.45) is 5.92 Å². The summed E-state index contributed by atoms with van der Waals surface area (Å²) in [5.41, 5.74) is 0. The summed E-state index contributed by atoms with van der Waals surface area (Å²) in [7, 11) is 0. The Balaban J connectivity index is 1.89. The van der Waals surface area contributed by atoms with Crippen LogP contribution in [0.4, 0.5) is 0 Å². The van der Waals surface area contributed by atoms with Gasteiger partial charge in [-0.25, -0.2) is 0 Å². The lowest BCUT2D eigenvalue weighted by molar-refractivity contribution is -0.140. The van der Waals surface area contributed by atoms with Gasteiger partial charge in [-0.05, 0) is 31.6 Å². The number of hydrogen-bond acceptors (Lipinski definition) is 3. The van der Waals surface area contributed by atoms with Gasteiger partial charge in [0.15, 0.2) is 0 Å². The first-order valence-corrected chi connectivity index (χ1v) is 5.85. The molecule has 0 aromatic carbocycles. The molecule has 3 atom stereocenters. The second kappa shape index (κ2) is 4.49. The van der Waals surface area contributed by atoms with Gasteiger partial charge in [0, 0.05) is 6.04 Å². The van der Waals surface area contributed by atoms with Gasteiger partial charge in [-0.1, -0.05) is 12.8 Å². The second-order valence-corrected chi connectivity index (χ2v) is 4.78. The van der Waals surface area contributed by atoms with Gasteiger partial charge in [-0.2, -0.15) is 0 Å². The van der Waals surface area contributed by atoms with Crippen LogP contribution in [0, 0.1) is 5.92 Å². The molecule has 0 aliphatic heterocycles. The molecular weight excluding hydrogens is 194 g/mol. The molecule has 2 fully saturated rings. The van der Waals surface area contributed by atoms with Crippen LogP contribution in [0.2, 0.25) is 0 Å². The van der Waals surface area contributed by atoms with Crippen LogP contribution >= 0.6 is 0 Å². The Bertz CT molecular complexity index is 240. The van der Waals surface area contributed by atoms with Crippen LogP contribution in [-0.4, -0.2) is 34.4 Å². The summed E-state index contributed by atoms with van der Waals surface area (Å²) in [6.07, 6.45) is 5.50. The Morgan fingerprint density at radius 3 is 2.40 bits per heavy atom. The summed E-state index contributed by atoms with van der Waals surface area (Å²) in [4.78, 5) is 11.0. The van der Waals surface area contributed by atoms with Crippen molar-refractivity contribution in [3.63, 3.8) is 0 Å². The van der Waals surface area contributed by atoms with E-state index in [-0.39, 0.29) is 18.1 Å². The smallest absolute Gasteiger partial charge is 0.320 e. The summed E-state index contributed by atoms with van der Waals surface area (Å²) < 4.78 is 0. The van der Waals surface area contributed by atoms with E-state index < -0.39 is 12.0 Å². The molecule has 0 spiro atoms. The van der Waals surface area contributed by atoms with Crippen LogP contribution in [0.3, 0.4) is 0 Å². The van der Waals surface area contributed by atoms with Gasteiger partial charge < -0.3 is 10.2 Å². The summed E-state index contributed by atoms with van der Waals surface area (Å²) >= 11 is 0. The minimum absolute atomic E-state index is 0.0135. The molecule has 0 amide bonds. The van der Waals surface area contributed by atoms with E-state index in [4.69, 9.17) is 5.11 Å². The fourth-order valence-corrected chi connectivity index (χ4v) is 2.37. The van der Waals surface area contributed by atoms with Crippen molar-refractivity contribution < 1.29 is 15.0 Å². The zero-order chi connectivity index (χ0) is 10.8. The van der Waals surface area contributed by atoms with Crippen molar-refractivity contribution in [3.8, 4) is 0 Å². The average molecular weight is 213 g/mol. The largest absolute Gasteiger partial charge is 0.480 e. The summed E-state index contributed by atoms with van der Waals surface area (Å²) in [6.45, 7) is 0. The average Bonchev–Trinajstić information content (AvgIpc) is 2.99. The molecule has 3 unspecified atom stereocenters. The minimum Gasteiger partial charge on any atom is -0.480 e. The third kappa shape index (κ3) is 2.69. The third-order valence-corrected chi connectivity index (χ3v) is 3.48. The summed E-state index contributed by atoms with van der Waals surface area (Å²) in [6, 6.07) is -0.455. The van der Waals surface area contributed by atoms with Crippen LogP contribution in [0.25, 0.3) is 0 Å². The maximum atomic E-state index is 11.0. The molecule has 4 heteroatoms. The Kier molecular flexibility index (Phi) is 3.26. The molecule has 2 aliphatic carbocycles. The monoisotopic (exact) mass is 213 g/mol. The number of carboxylic acids is 1. The molecule has 0 aromatic heterocycles. The normalized spacial score (nSPS) is 33.7. The van der Waals surface area contributed by atoms with Crippen LogP contribution in [0.15, 0.2) is 0 Å². The highest BCUT2D eigenvalue weighted by Gasteiger charge is 2.38. The molecule has 0 bridgehead atoms. The van der Waals surface area contributed by atoms with Gasteiger partial charge in [0.2, 0.25) is 0 Å². The number of carboxylic acid groups (broad SMARTS) is 1. The van der Waals surface area contributed by atoms with Gasteiger partial charge in [0.05, 0.1) is 6.10 Å². The fraction of sp³-hybridized carbons (Fsp3) is 0.909. The number of carbonyl (C=O) groups is 1. The Morgan fingerprint density at radius 1 is 1.20 bits per heavy atom. The van der Waals surface area contributed by atoms with Crippen molar-refractivity contribution in [1.82, 2.24) is 5.32 Å². The maximum absolute atomic E-state index is 11.0. The predicted octanol–water partition coefficient (Wildman–Crippen LogP) is 0.743. The first-order valence-electron chi connectivity index (χ1n) is 5.85. The Morgan fingerprint density at radius 2 is 1.87 bits per heavy atom. The van der Waals surface area contributed by atoms with E-state index in [2.05, 4.69) is 5.32 Å². The number of nitrogens with one attached hydrogen (secondary N) is 1. The number of hydrogen-bond donors (Lipinski definition) is 3. The Labute approximate surface area is 89.7 Å². The molecule has 0 saturated heterocycles. The zero-order valence-corrected chi connectivity index (χ0v) is 8.85. The molecule has 0 heterocycles. The van der Waals surface area contributed by atoms with Crippen LogP contribution < -0.4 is 5.32 Å². The number of aliphatic carboxylic acids is 1. The fourth-order valence-electron chi connectivity index (χ4n) is 2.37. The van der Waals surface area contributed by atoms with Gasteiger partial charge in [0.25, 0.3) is 0 Å². The highest BCUT2D eigenvalue weighted by molar-refractivity contribution is 5.74. The van der Waals surface area contributed by atoms with E-state index >= 15 is 0 Å². The summed E-state index contributed by atoms with van der Waals surface area (Å²) in [5.74, 6) is -0.480. The lowest BCUT2D eigenvalue weighted by Gasteiger charge is -2.31. The molecular formula is C11H19NO3. The van der Waals surface area contributed by atoms with Crippen molar-refractivity contribution in [2.75, 3.05) is 0 Å². The highest BCUT2D eigenvalue weighted by Crippen LogP contribution is 2.33. The lowest BCUT2D eigenvalue weighted by atomic mass is 9.91. The first kappa shape index (κ1) is 10.9. The van der Waals surface area contributed by atoms with Gasteiger partial charge in [0.1, 0.15) is 6.04 Å². The van der Waals surface area contributed by atoms with Gasteiger partial charge in [-0.3, -0.25) is 10.1 Å². The van der Waals surface area contributed by atoms with Crippen molar-refractivity contribution in [3.05, 3.63) is 0 Å². The predicted molar refractivity (Wildman–Crippen MR) is 55.5 cm³/mol. The van der Waals surface area contributed by atoms with E-state index in [9.17, 15) is 9.90 Å². The van der Waals surface area contributed by atoms with E-state index in [1.54, 1.807) is 0 Å². The zero-order valence-electron chi connectivity index (χ0n) is 8.85. The molecule has 4 nitrogen and oxygen atoms in total. The highest BCUT2D eigenvalue weighted by atomic mass is 16.4. The molecule has 0 aromatic rings. The number of aliphatic hydroxyl groups excluding tert-OH is 1. The van der Waals surface area contributed by atoms with Gasteiger partial charge >= 0.3 is 5.97 Å². The van der Waals surface area contributed by atoms with Crippen LogP contribution in [0.5, 0.6) is 0 Å². The lowest BCUT2D eigenvalue weighted by Crippen LogP contribution is -2.50. The van der Waals surface area contributed by atoms with E-state index in [1.807, 2.05) is 0 Å². The van der Waals surface area contributed by atoms with Crippen LogP contribution in [-0.2, 0) is 4.79 Å². The van der Waals surface area contributed by atoms with Crippen LogP contribution in [0.1, 0.15) is 38.5 Å². The van der Waals surface area contributed by atoms with Gasteiger partial charge in [-0.15, -0.1) is 0 Å². The molecule has 2 aliphatic rings. The van der Waals surface area contributed by atoms with E-state index in [0.29, 0.717) is 0 Å². The first-order chi connectivity index (χ1) is 7.18. The SMILES string of the molecule is O=C(O)C(NC1CCCCC1O)C1CC1. The minimum atomic E-state index is -0.768. The molecule has 2 saturated carbocycles. The molecule has 2 rings (SSSR count). The van der Waals surface area contributed by atoms with E-state index in [0.717, 1.165) is 38.5 Å². The van der Waals surface area contributed by atoms with Crippen molar-refractivity contribution >= 4 is 5.97 Å². The Hall–Kier alpha value is -0.610. The molecule has 15 heavy (non-hydrogen) atoms. The second-order valence-electron chi connectivity index (χ2n) is 4.78. The number of aliphatic hydroxyl groups is 1. The standard InChI is InChI=1S/C11H19NO3/c13-9-4-2-1-3-8(9)12-10(11(14)15)7-5-6-7/h7-10,12-13H,1-6H2,(H,14,15). The van der Waals surface area contributed by atoms with Crippen molar-refractivity contribution in [1.29, 1.82) is 0 Å².